The number of nitrogens with one attached hydrogen (secondary N) is 2. The summed E-state index contributed by atoms with van der Waals surface area (Å²) in [6.45, 7) is 4.17. The highest BCUT2D eigenvalue weighted by molar-refractivity contribution is 5.92. The van der Waals surface area contributed by atoms with E-state index in [0.29, 0.717) is 11.4 Å². The predicted octanol–water partition coefficient (Wildman–Crippen LogP) is 1.77. The van der Waals surface area contributed by atoms with E-state index in [1.54, 1.807) is 19.2 Å². The number of ether oxygens (including phenoxy) is 1. The fourth-order valence-corrected chi connectivity index (χ4v) is 1.95. The SMILES string of the molecule is CCC(CC)(CO)NCC(=O)Nc1cccc(OC)c1. The maximum Gasteiger partial charge on any atom is 0.238 e. The maximum atomic E-state index is 11.9. The topological polar surface area (TPSA) is 70.6 Å². The molecule has 0 radical (unpaired) electrons. The van der Waals surface area contributed by atoms with Gasteiger partial charge in [-0.05, 0) is 25.0 Å². The van der Waals surface area contributed by atoms with Gasteiger partial charge in [0.25, 0.3) is 0 Å². The van der Waals surface area contributed by atoms with Crippen LogP contribution in [0, 0.1) is 0 Å². The molecular formula is C15H24N2O3. The van der Waals surface area contributed by atoms with E-state index in [4.69, 9.17) is 4.74 Å². The predicted molar refractivity (Wildman–Crippen MR) is 80.0 cm³/mol. The number of methoxy groups -OCH3 is 1. The van der Waals surface area contributed by atoms with Gasteiger partial charge >= 0.3 is 0 Å². The second kappa shape index (κ2) is 7.87. The Labute approximate surface area is 120 Å². The van der Waals surface area contributed by atoms with Crippen LogP contribution in [0.4, 0.5) is 5.69 Å². The van der Waals surface area contributed by atoms with Gasteiger partial charge in [0.15, 0.2) is 0 Å². The number of benzene rings is 1. The second-order valence-electron chi connectivity index (χ2n) is 4.78. The zero-order chi connectivity index (χ0) is 15.0. The Hall–Kier alpha value is -1.59. The molecule has 0 saturated carbocycles. The fourth-order valence-electron chi connectivity index (χ4n) is 1.95. The van der Waals surface area contributed by atoms with Gasteiger partial charge in [-0.2, -0.15) is 0 Å². The molecule has 0 fully saturated rings. The molecule has 1 amide bonds. The molecule has 3 N–H and O–H groups in total. The number of carbonyl (C=O) groups excluding carboxylic acids is 1. The summed E-state index contributed by atoms with van der Waals surface area (Å²) in [5, 5.41) is 15.4. The van der Waals surface area contributed by atoms with E-state index in [1.807, 2.05) is 26.0 Å². The van der Waals surface area contributed by atoms with E-state index in [0.717, 1.165) is 12.8 Å². The van der Waals surface area contributed by atoms with Gasteiger partial charge in [0.2, 0.25) is 5.91 Å². The van der Waals surface area contributed by atoms with Gasteiger partial charge in [-0.1, -0.05) is 19.9 Å². The standard InChI is InChI=1S/C15H24N2O3/c1-4-15(5-2,11-18)16-10-14(19)17-12-7-6-8-13(9-12)20-3/h6-9,16,18H,4-5,10-11H2,1-3H3,(H,17,19). The Bertz CT molecular complexity index is 423. The first kappa shape index (κ1) is 16.5. The molecule has 0 bridgehead atoms. The molecule has 0 spiro atoms. The third-order valence-corrected chi connectivity index (χ3v) is 3.63. The summed E-state index contributed by atoms with van der Waals surface area (Å²) in [4.78, 5) is 11.9. The first-order valence-corrected chi connectivity index (χ1v) is 6.89. The van der Waals surface area contributed by atoms with Crippen molar-refractivity contribution in [1.29, 1.82) is 0 Å². The molecule has 5 heteroatoms. The number of aliphatic hydroxyl groups is 1. The minimum atomic E-state index is -0.383. The molecule has 0 aliphatic carbocycles. The van der Waals surface area contributed by atoms with E-state index < -0.39 is 0 Å². The van der Waals surface area contributed by atoms with Gasteiger partial charge in [-0.15, -0.1) is 0 Å². The molecule has 0 saturated heterocycles. The van der Waals surface area contributed by atoms with Gasteiger partial charge in [0.1, 0.15) is 5.75 Å². The largest absolute Gasteiger partial charge is 0.497 e. The Kier molecular flexibility index (Phi) is 6.48. The van der Waals surface area contributed by atoms with Crippen LogP contribution in [-0.4, -0.2) is 36.8 Å². The van der Waals surface area contributed by atoms with Gasteiger partial charge < -0.3 is 20.5 Å². The van der Waals surface area contributed by atoms with Crippen LogP contribution in [-0.2, 0) is 4.79 Å². The highest BCUT2D eigenvalue weighted by Gasteiger charge is 2.25. The highest BCUT2D eigenvalue weighted by atomic mass is 16.5. The van der Waals surface area contributed by atoms with Gasteiger partial charge in [0, 0.05) is 17.3 Å². The molecule has 112 valence electrons. The van der Waals surface area contributed by atoms with E-state index in [2.05, 4.69) is 10.6 Å². The lowest BCUT2D eigenvalue weighted by Crippen LogP contribution is -2.50. The quantitative estimate of drug-likeness (QED) is 0.679. The Morgan fingerprint density at radius 2 is 2.05 bits per heavy atom. The van der Waals surface area contributed by atoms with Crippen molar-refractivity contribution in [2.75, 3.05) is 25.6 Å². The summed E-state index contributed by atoms with van der Waals surface area (Å²) in [6.07, 6.45) is 1.54. The van der Waals surface area contributed by atoms with Crippen molar-refractivity contribution in [2.45, 2.75) is 32.2 Å². The fraction of sp³-hybridized carbons (Fsp3) is 0.533. The minimum Gasteiger partial charge on any atom is -0.497 e. The molecule has 5 nitrogen and oxygen atoms in total. The summed E-state index contributed by atoms with van der Waals surface area (Å²) in [5.41, 5.74) is 0.310. The lowest BCUT2D eigenvalue weighted by molar-refractivity contribution is -0.115. The number of rotatable bonds is 8. The molecule has 0 atom stereocenters. The van der Waals surface area contributed by atoms with Crippen LogP contribution in [0.15, 0.2) is 24.3 Å². The first-order chi connectivity index (χ1) is 9.59. The average Bonchev–Trinajstić information content (AvgIpc) is 2.49. The minimum absolute atomic E-state index is 0.0203. The molecule has 0 aromatic heterocycles. The zero-order valence-electron chi connectivity index (χ0n) is 12.4. The van der Waals surface area contributed by atoms with Crippen molar-refractivity contribution >= 4 is 11.6 Å². The summed E-state index contributed by atoms with van der Waals surface area (Å²) in [5.74, 6) is 0.556. The van der Waals surface area contributed by atoms with Crippen molar-refractivity contribution in [3.05, 3.63) is 24.3 Å². The van der Waals surface area contributed by atoms with Crippen LogP contribution >= 0.6 is 0 Å². The van der Waals surface area contributed by atoms with Crippen LogP contribution < -0.4 is 15.4 Å². The smallest absolute Gasteiger partial charge is 0.238 e. The number of hydrogen-bond acceptors (Lipinski definition) is 4. The summed E-state index contributed by atoms with van der Waals surface area (Å²) in [7, 11) is 1.58. The van der Waals surface area contributed by atoms with Crippen LogP contribution in [0.5, 0.6) is 5.75 Å². The molecule has 0 aliphatic heterocycles. The van der Waals surface area contributed by atoms with Crippen LogP contribution in [0.25, 0.3) is 0 Å². The van der Waals surface area contributed by atoms with Crippen LogP contribution in [0.3, 0.4) is 0 Å². The van der Waals surface area contributed by atoms with Crippen LogP contribution in [0.2, 0.25) is 0 Å². The normalized spacial score (nSPS) is 11.2. The molecule has 1 aromatic carbocycles. The molecule has 1 aromatic rings. The number of anilines is 1. The molecule has 0 aliphatic rings. The van der Waals surface area contributed by atoms with Gasteiger partial charge in [-0.25, -0.2) is 0 Å². The summed E-state index contributed by atoms with van der Waals surface area (Å²) < 4.78 is 5.10. The molecular weight excluding hydrogens is 256 g/mol. The second-order valence-corrected chi connectivity index (χ2v) is 4.78. The first-order valence-electron chi connectivity index (χ1n) is 6.89. The van der Waals surface area contributed by atoms with Gasteiger partial charge in [0.05, 0.1) is 20.3 Å². The van der Waals surface area contributed by atoms with Crippen molar-refractivity contribution in [3.63, 3.8) is 0 Å². The Balaban J connectivity index is 2.55. The molecule has 0 unspecified atom stereocenters. The Morgan fingerprint density at radius 3 is 2.60 bits per heavy atom. The van der Waals surface area contributed by atoms with Crippen LogP contribution in [0.1, 0.15) is 26.7 Å². The van der Waals surface area contributed by atoms with Crippen molar-refractivity contribution in [3.8, 4) is 5.75 Å². The monoisotopic (exact) mass is 280 g/mol. The number of aliphatic hydroxyl groups excluding tert-OH is 1. The zero-order valence-corrected chi connectivity index (χ0v) is 12.4. The van der Waals surface area contributed by atoms with Crippen molar-refractivity contribution < 1.29 is 14.6 Å². The van der Waals surface area contributed by atoms with E-state index in [1.165, 1.54) is 0 Å². The number of carbonyl (C=O) groups is 1. The van der Waals surface area contributed by atoms with Crippen molar-refractivity contribution in [2.24, 2.45) is 0 Å². The maximum absolute atomic E-state index is 11.9. The molecule has 20 heavy (non-hydrogen) atoms. The lowest BCUT2D eigenvalue weighted by atomic mass is 9.94. The third kappa shape index (κ3) is 4.51. The highest BCUT2D eigenvalue weighted by Crippen LogP contribution is 2.17. The van der Waals surface area contributed by atoms with Crippen molar-refractivity contribution in [1.82, 2.24) is 5.32 Å². The van der Waals surface area contributed by atoms with E-state index in [-0.39, 0.29) is 24.6 Å². The van der Waals surface area contributed by atoms with Gasteiger partial charge in [-0.3, -0.25) is 4.79 Å². The molecule has 1 rings (SSSR count). The van der Waals surface area contributed by atoms with E-state index in [9.17, 15) is 9.90 Å². The third-order valence-electron chi connectivity index (χ3n) is 3.63. The average molecular weight is 280 g/mol. The number of hydrogen-bond donors (Lipinski definition) is 3. The van der Waals surface area contributed by atoms with E-state index >= 15 is 0 Å². The Morgan fingerprint density at radius 1 is 1.35 bits per heavy atom. The lowest BCUT2D eigenvalue weighted by Gasteiger charge is -2.30. The summed E-state index contributed by atoms with van der Waals surface area (Å²) >= 11 is 0. The summed E-state index contributed by atoms with van der Waals surface area (Å²) in [6, 6.07) is 7.20. The number of amides is 1. The molecule has 0 heterocycles.